The maximum Gasteiger partial charge on any atom is 0.471 e. The van der Waals surface area contributed by atoms with Crippen LogP contribution in [0.1, 0.15) is 41.0 Å². The zero-order valence-electron chi connectivity index (χ0n) is 13.6. The van der Waals surface area contributed by atoms with E-state index in [1.807, 2.05) is 6.92 Å². The molecule has 0 fully saturated rings. The molecule has 0 amide bonds. The van der Waals surface area contributed by atoms with Crippen molar-refractivity contribution >= 4 is 17.3 Å². The average molecular weight is 386 g/mol. The van der Waals surface area contributed by atoms with Gasteiger partial charge in [-0.2, -0.15) is 23.3 Å². The second-order valence-corrected chi connectivity index (χ2v) is 6.34. The van der Waals surface area contributed by atoms with Crippen LogP contribution in [-0.4, -0.2) is 32.5 Å². The first-order valence-electron chi connectivity index (χ1n) is 7.52. The molecule has 0 N–H and O–H groups in total. The molecule has 1 atom stereocenters. The number of alkyl halides is 3. The molecule has 7 nitrogen and oxygen atoms in total. The Morgan fingerprint density at radius 3 is 2.85 bits per heavy atom. The van der Waals surface area contributed by atoms with E-state index in [-0.39, 0.29) is 18.5 Å². The van der Waals surface area contributed by atoms with Gasteiger partial charge in [-0.1, -0.05) is 5.16 Å². The number of aromatic nitrogens is 4. The molecule has 138 valence electrons. The van der Waals surface area contributed by atoms with Crippen LogP contribution < -0.4 is 0 Å². The van der Waals surface area contributed by atoms with E-state index in [4.69, 9.17) is 4.74 Å². The lowest BCUT2D eigenvalue weighted by Gasteiger charge is -2.09. The summed E-state index contributed by atoms with van der Waals surface area (Å²) in [6.07, 6.45) is -1.73. The highest BCUT2D eigenvalue weighted by atomic mass is 32.1. The molecule has 26 heavy (non-hydrogen) atoms. The maximum absolute atomic E-state index is 12.6. The van der Waals surface area contributed by atoms with Crippen molar-refractivity contribution in [1.29, 1.82) is 0 Å². The number of nitrogens with zero attached hydrogens (tertiary/aromatic N) is 4. The van der Waals surface area contributed by atoms with E-state index in [2.05, 4.69) is 19.8 Å². The van der Waals surface area contributed by atoms with Gasteiger partial charge in [0.2, 0.25) is 5.82 Å². The minimum Gasteiger partial charge on any atom is -0.462 e. The fraction of sp³-hybridized carbons (Fsp3) is 0.333. The number of hydrogen-bond donors (Lipinski definition) is 0. The molecule has 3 rings (SSSR count). The van der Waals surface area contributed by atoms with E-state index >= 15 is 0 Å². The summed E-state index contributed by atoms with van der Waals surface area (Å²) in [5.41, 5.74) is 0.323. The monoisotopic (exact) mass is 386 g/mol. The van der Waals surface area contributed by atoms with Crippen molar-refractivity contribution in [3.8, 4) is 10.7 Å². The molecule has 0 unspecified atom stereocenters. The highest BCUT2D eigenvalue weighted by molar-refractivity contribution is 7.15. The van der Waals surface area contributed by atoms with E-state index < -0.39 is 18.0 Å². The third-order valence-corrected chi connectivity index (χ3v) is 4.69. The van der Waals surface area contributed by atoms with Crippen molar-refractivity contribution in [3.05, 3.63) is 40.9 Å². The standard InChI is InChI=1S/C15H13F3N4O3S/c1-3-24-13(23)9-6-19-22(7-9)8(2)10-4-5-11(26-10)12-20-14(25-21-12)15(16,17)18/h4-8H,3H2,1-2H3/t8-/m0/s1. The number of thiophene rings is 1. The van der Waals surface area contributed by atoms with Crippen molar-refractivity contribution in [1.82, 2.24) is 19.9 Å². The second kappa shape index (κ2) is 6.90. The molecular weight excluding hydrogens is 373 g/mol. The first kappa shape index (κ1) is 18.1. The Morgan fingerprint density at radius 2 is 2.19 bits per heavy atom. The van der Waals surface area contributed by atoms with E-state index in [9.17, 15) is 18.0 Å². The molecule has 0 aromatic carbocycles. The molecule has 3 heterocycles. The van der Waals surface area contributed by atoms with Gasteiger partial charge in [0.05, 0.1) is 29.3 Å². The molecule has 11 heteroatoms. The van der Waals surface area contributed by atoms with Crippen molar-refractivity contribution in [2.24, 2.45) is 0 Å². The molecule has 0 spiro atoms. The van der Waals surface area contributed by atoms with Crippen LogP contribution in [0.3, 0.4) is 0 Å². The number of esters is 1. The van der Waals surface area contributed by atoms with Gasteiger partial charge < -0.3 is 9.26 Å². The number of hydrogen-bond acceptors (Lipinski definition) is 7. The molecule has 0 saturated carbocycles. The minimum atomic E-state index is -4.68. The van der Waals surface area contributed by atoms with Crippen molar-refractivity contribution in [2.75, 3.05) is 6.61 Å². The normalized spacial score (nSPS) is 13.0. The quantitative estimate of drug-likeness (QED) is 0.621. The summed E-state index contributed by atoms with van der Waals surface area (Å²) in [5.74, 6) is -1.99. The third kappa shape index (κ3) is 3.62. The summed E-state index contributed by atoms with van der Waals surface area (Å²) in [5, 5.41) is 7.50. The number of halogens is 3. The lowest BCUT2D eigenvalue weighted by atomic mass is 10.2. The Bertz CT molecular complexity index is 915. The molecular formula is C15H13F3N4O3S. The van der Waals surface area contributed by atoms with Crippen LogP contribution in [0.25, 0.3) is 10.7 Å². The zero-order valence-corrected chi connectivity index (χ0v) is 14.5. The lowest BCUT2D eigenvalue weighted by Crippen LogP contribution is -2.06. The Morgan fingerprint density at radius 1 is 1.42 bits per heavy atom. The van der Waals surface area contributed by atoms with Gasteiger partial charge in [0, 0.05) is 11.1 Å². The summed E-state index contributed by atoms with van der Waals surface area (Å²) in [6.45, 7) is 3.81. The van der Waals surface area contributed by atoms with Crippen LogP contribution in [0, 0.1) is 0 Å². The SMILES string of the molecule is CCOC(=O)c1cnn([C@@H](C)c2ccc(-c3noc(C(F)(F)F)n3)s2)c1. The van der Waals surface area contributed by atoms with Crippen LogP contribution in [0.5, 0.6) is 0 Å². The van der Waals surface area contributed by atoms with Crippen LogP contribution in [0.4, 0.5) is 13.2 Å². The Hall–Kier alpha value is -2.69. The Balaban J connectivity index is 1.79. The van der Waals surface area contributed by atoms with Gasteiger partial charge in [0.1, 0.15) is 0 Å². The van der Waals surface area contributed by atoms with Gasteiger partial charge in [-0.05, 0) is 26.0 Å². The Kier molecular flexibility index (Phi) is 4.81. The molecule has 0 aliphatic rings. The number of carbonyl (C=O) groups excluding carboxylic acids is 1. The molecule has 3 aromatic rings. The highest BCUT2D eigenvalue weighted by Crippen LogP contribution is 2.34. The minimum absolute atomic E-state index is 0.131. The van der Waals surface area contributed by atoms with Crippen LogP contribution in [0.2, 0.25) is 0 Å². The first-order chi connectivity index (χ1) is 12.3. The number of ether oxygens (including phenoxy) is 1. The molecule has 3 aromatic heterocycles. The van der Waals surface area contributed by atoms with Gasteiger partial charge >= 0.3 is 18.0 Å². The Labute approximate surface area is 149 Å². The summed E-state index contributed by atoms with van der Waals surface area (Å²) in [7, 11) is 0. The van der Waals surface area contributed by atoms with Gasteiger partial charge in [-0.3, -0.25) is 4.68 Å². The molecule has 0 aliphatic carbocycles. The lowest BCUT2D eigenvalue weighted by molar-refractivity contribution is -0.159. The average Bonchev–Trinajstić information content (AvgIpc) is 3.31. The summed E-state index contributed by atoms with van der Waals surface area (Å²) < 4.78 is 48.4. The summed E-state index contributed by atoms with van der Waals surface area (Å²) in [4.78, 5) is 16.3. The van der Waals surface area contributed by atoms with Gasteiger partial charge in [-0.15, -0.1) is 11.3 Å². The second-order valence-electron chi connectivity index (χ2n) is 5.23. The predicted molar refractivity (Wildman–Crippen MR) is 84.6 cm³/mol. The van der Waals surface area contributed by atoms with Crippen molar-refractivity contribution in [3.63, 3.8) is 0 Å². The van der Waals surface area contributed by atoms with Crippen LogP contribution in [-0.2, 0) is 10.9 Å². The zero-order chi connectivity index (χ0) is 18.9. The van der Waals surface area contributed by atoms with E-state index in [1.165, 1.54) is 17.5 Å². The maximum atomic E-state index is 12.6. The molecule has 0 bridgehead atoms. The van der Waals surface area contributed by atoms with E-state index in [1.54, 1.807) is 29.9 Å². The predicted octanol–water partition coefficient (Wildman–Crippen LogP) is 3.80. The van der Waals surface area contributed by atoms with Gasteiger partial charge in [0.15, 0.2) is 0 Å². The van der Waals surface area contributed by atoms with Gasteiger partial charge in [-0.25, -0.2) is 4.79 Å². The highest BCUT2D eigenvalue weighted by Gasteiger charge is 2.38. The van der Waals surface area contributed by atoms with Crippen LogP contribution in [0.15, 0.2) is 29.0 Å². The smallest absolute Gasteiger partial charge is 0.462 e. The van der Waals surface area contributed by atoms with Crippen molar-refractivity contribution < 1.29 is 27.2 Å². The van der Waals surface area contributed by atoms with Gasteiger partial charge in [0.25, 0.3) is 0 Å². The largest absolute Gasteiger partial charge is 0.471 e. The van der Waals surface area contributed by atoms with E-state index in [0.29, 0.717) is 10.4 Å². The first-order valence-corrected chi connectivity index (χ1v) is 8.33. The fourth-order valence-corrected chi connectivity index (χ4v) is 3.12. The fourth-order valence-electron chi connectivity index (χ4n) is 2.14. The topological polar surface area (TPSA) is 83.0 Å². The van der Waals surface area contributed by atoms with E-state index in [0.717, 1.165) is 4.88 Å². The van der Waals surface area contributed by atoms with Crippen molar-refractivity contribution in [2.45, 2.75) is 26.1 Å². The third-order valence-electron chi connectivity index (χ3n) is 3.44. The molecule has 0 aliphatic heterocycles. The number of carbonyl (C=O) groups is 1. The number of rotatable bonds is 5. The summed E-state index contributed by atoms with van der Waals surface area (Å²) >= 11 is 1.21. The molecule has 0 saturated heterocycles. The summed E-state index contributed by atoms with van der Waals surface area (Å²) in [6, 6.07) is 3.10. The van der Waals surface area contributed by atoms with Crippen LogP contribution >= 0.6 is 11.3 Å². The molecule has 0 radical (unpaired) electrons.